The van der Waals surface area contributed by atoms with E-state index >= 15 is 0 Å². The van der Waals surface area contributed by atoms with Crippen molar-refractivity contribution in [2.24, 2.45) is 5.73 Å². The minimum absolute atomic E-state index is 0.253. The molecule has 0 fully saturated rings. The maximum absolute atomic E-state index is 12.6. The summed E-state index contributed by atoms with van der Waals surface area (Å²) in [5, 5.41) is 0. The number of thioether (sulfide) groups is 1. The molecule has 0 unspecified atom stereocenters. The molecule has 0 spiro atoms. The fraction of sp³-hybridized carbons (Fsp3) is 0.400. The number of nitrogens with two attached hydrogens (primary N) is 1. The zero-order valence-corrected chi connectivity index (χ0v) is 9.08. The fourth-order valence-electron chi connectivity index (χ4n) is 1.30. The number of alkyl halides is 3. The lowest BCUT2D eigenvalue weighted by Gasteiger charge is -2.12. The Morgan fingerprint density at radius 2 is 2.00 bits per heavy atom. The zero-order valence-electron chi connectivity index (χ0n) is 8.27. The third-order valence-corrected chi connectivity index (χ3v) is 2.80. The highest BCUT2D eigenvalue weighted by Crippen LogP contribution is 2.36. The van der Waals surface area contributed by atoms with Gasteiger partial charge in [0.2, 0.25) is 0 Å². The van der Waals surface area contributed by atoms with E-state index in [0.717, 1.165) is 11.8 Å². The van der Waals surface area contributed by atoms with Crippen LogP contribution in [0.25, 0.3) is 0 Å². The van der Waals surface area contributed by atoms with Crippen LogP contribution in [0.2, 0.25) is 0 Å². The van der Waals surface area contributed by atoms with Crippen molar-refractivity contribution in [2.75, 3.05) is 12.8 Å². The molecule has 0 atom stereocenters. The molecule has 84 valence electrons. The lowest BCUT2D eigenvalue weighted by atomic mass is 10.1. The van der Waals surface area contributed by atoms with Crippen LogP contribution in [0.4, 0.5) is 13.2 Å². The van der Waals surface area contributed by atoms with Crippen LogP contribution in [0.5, 0.6) is 0 Å². The Labute approximate surface area is 90.9 Å². The molecule has 0 heterocycles. The molecule has 1 rings (SSSR count). The van der Waals surface area contributed by atoms with E-state index in [1.54, 1.807) is 12.3 Å². The number of hydrogen-bond donors (Lipinski definition) is 1. The predicted octanol–water partition coefficient (Wildman–Crippen LogP) is 2.93. The molecule has 0 aliphatic carbocycles. The average Bonchev–Trinajstić information content (AvgIpc) is 2.17. The largest absolute Gasteiger partial charge is 0.417 e. The first-order valence-electron chi connectivity index (χ1n) is 4.43. The Kier molecular flexibility index (Phi) is 4.04. The summed E-state index contributed by atoms with van der Waals surface area (Å²) in [5.41, 5.74) is 5.36. The van der Waals surface area contributed by atoms with Gasteiger partial charge in [-0.15, -0.1) is 11.8 Å². The van der Waals surface area contributed by atoms with Gasteiger partial charge in [0.25, 0.3) is 0 Å². The maximum atomic E-state index is 12.6. The summed E-state index contributed by atoms with van der Waals surface area (Å²) < 4.78 is 37.8. The smallest absolute Gasteiger partial charge is 0.330 e. The Balaban J connectivity index is 3.13. The van der Waals surface area contributed by atoms with Gasteiger partial charge >= 0.3 is 6.18 Å². The number of benzene rings is 1. The highest BCUT2D eigenvalue weighted by atomic mass is 32.2. The second-order valence-corrected chi connectivity index (χ2v) is 3.92. The standard InChI is InChI=1S/C10H12F3NS/c1-15-9-3-2-7(4-5-14)6-8(9)10(11,12)13/h2-3,6H,4-5,14H2,1H3. The van der Waals surface area contributed by atoms with Crippen molar-refractivity contribution in [1.29, 1.82) is 0 Å². The molecule has 0 saturated heterocycles. The quantitative estimate of drug-likeness (QED) is 0.815. The van der Waals surface area contributed by atoms with Gasteiger partial charge in [-0.05, 0) is 36.9 Å². The van der Waals surface area contributed by atoms with E-state index in [1.807, 2.05) is 0 Å². The Morgan fingerprint density at radius 3 is 2.47 bits per heavy atom. The normalized spacial score (nSPS) is 11.8. The average molecular weight is 235 g/mol. The maximum Gasteiger partial charge on any atom is 0.417 e. The Bertz CT molecular complexity index is 336. The van der Waals surface area contributed by atoms with E-state index in [2.05, 4.69) is 0 Å². The van der Waals surface area contributed by atoms with Crippen molar-refractivity contribution in [3.63, 3.8) is 0 Å². The number of halogens is 3. The summed E-state index contributed by atoms with van der Waals surface area (Å²) in [6, 6.07) is 4.37. The van der Waals surface area contributed by atoms with Gasteiger partial charge in [-0.25, -0.2) is 0 Å². The number of hydrogen-bond acceptors (Lipinski definition) is 2. The molecule has 0 radical (unpaired) electrons. The predicted molar refractivity (Wildman–Crippen MR) is 56.0 cm³/mol. The highest BCUT2D eigenvalue weighted by molar-refractivity contribution is 7.98. The molecule has 0 aliphatic heterocycles. The molecule has 1 nitrogen and oxygen atoms in total. The van der Waals surface area contributed by atoms with Crippen LogP contribution in [0.15, 0.2) is 23.1 Å². The Morgan fingerprint density at radius 1 is 1.33 bits per heavy atom. The summed E-state index contributed by atoms with van der Waals surface area (Å²) >= 11 is 1.10. The second-order valence-electron chi connectivity index (χ2n) is 3.07. The lowest BCUT2D eigenvalue weighted by molar-refractivity contribution is -0.139. The summed E-state index contributed by atoms with van der Waals surface area (Å²) in [4.78, 5) is 0.253. The van der Waals surface area contributed by atoms with Gasteiger partial charge in [0, 0.05) is 4.90 Å². The lowest BCUT2D eigenvalue weighted by Crippen LogP contribution is -2.09. The van der Waals surface area contributed by atoms with Crippen LogP contribution in [0.1, 0.15) is 11.1 Å². The van der Waals surface area contributed by atoms with Gasteiger partial charge in [-0.3, -0.25) is 0 Å². The minimum Gasteiger partial charge on any atom is -0.330 e. The molecular weight excluding hydrogens is 223 g/mol. The summed E-state index contributed by atoms with van der Waals surface area (Å²) in [5.74, 6) is 0. The van der Waals surface area contributed by atoms with Gasteiger partial charge in [0.05, 0.1) is 5.56 Å². The molecule has 0 aliphatic rings. The van der Waals surface area contributed by atoms with Crippen LogP contribution in [-0.2, 0) is 12.6 Å². The first kappa shape index (κ1) is 12.4. The van der Waals surface area contributed by atoms with Gasteiger partial charge in [0.1, 0.15) is 0 Å². The van der Waals surface area contributed by atoms with Crippen LogP contribution in [-0.4, -0.2) is 12.8 Å². The highest BCUT2D eigenvalue weighted by Gasteiger charge is 2.33. The van der Waals surface area contributed by atoms with Crippen LogP contribution in [0.3, 0.4) is 0 Å². The van der Waals surface area contributed by atoms with E-state index in [0.29, 0.717) is 18.5 Å². The SMILES string of the molecule is CSc1ccc(CCN)cc1C(F)(F)F. The summed E-state index contributed by atoms with van der Waals surface area (Å²) in [6.07, 6.45) is -2.19. The summed E-state index contributed by atoms with van der Waals surface area (Å²) in [7, 11) is 0. The molecule has 0 amide bonds. The van der Waals surface area contributed by atoms with E-state index in [4.69, 9.17) is 5.73 Å². The van der Waals surface area contributed by atoms with Gasteiger partial charge in [0.15, 0.2) is 0 Å². The molecule has 2 N–H and O–H groups in total. The fourth-order valence-corrected chi connectivity index (χ4v) is 1.90. The first-order chi connectivity index (χ1) is 6.99. The molecule has 1 aromatic carbocycles. The first-order valence-corrected chi connectivity index (χ1v) is 5.65. The molecule has 0 aromatic heterocycles. The molecule has 1 aromatic rings. The van der Waals surface area contributed by atoms with E-state index in [1.165, 1.54) is 12.1 Å². The van der Waals surface area contributed by atoms with Gasteiger partial charge < -0.3 is 5.73 Å². The van der Waals surface area contributed by atoms with E-state index in [-0.39, 0.29) is 4.90 Å². The molecule has 15 heavy (non-hydrogen) atoms. The molecular formula is C10H12F3NS. The topological polar surface area (TPSA) is 26.0 Å². The van der Waals surface area contributed by atoms with Crippen molar-refractivity contribution in [3.8, 4) is 0 Å². The van der Waals surface area contributed by atoms with Crippen LogP contribution in [0, 0.1) is 0 Å². The van der Waals surface area contributed by atoms with E-state index < -0.39 is 11.7 Å². The van der Waals surface area contributed by atoms with Crippen molar-refractivity contribution >= 4 is 11.8 Å². The monoisotopic (exact) mass is 235 g/mol. The van der Waals surface area contributed by atoms with Crippen molar-refractivity contribution in [3.05, 3.63) is 29.3 Å². The van der Waals surface area contributed by atoms with Crippen LogP contribution >= 0.6 is 11.8 Å². The number of rotatable bonds is 3. The summed E-state index contributed by atoms with van der Waals surface area (Å²) in [6.45, 7) is 0.357. The van der Waals surface area contributed by atoms with Gasteiger partial charge in [-0.1, -0.05) is 6.07 Å². The molecule has 5 heteroatoms. The Hall–Kier alpha value is -0.680. The third kappa shape index (κ3) is 3.14. The minimum atomic E-state index is -4.29. The van der Waals surface area contributed by atoms with E-state index in [9.17, 15) is 13.2 Å². The van der Waals surface area contributed by atoms with Crippen molar-refractivity contribution in [1.82, 2.24) is 0 Å². The van der Waals surface area contributed by atoms with Crippen molar-refractivity contribution in [2.45, 2.75) is 17.5 Å². The van der Waals surface area contributed by atoms with Gasteiger partial charge in [-0.2, -0.15) is 13.2 Å². The van der Waals surface area contributed by atoms with Crippen LogP contribution < -0.4 is 5.73 Å². The zero-order chi connectivity index (χ0) is 11.5. The molecule has 0 bridgehead atoms. The van der Waals surface area contributed by atoms with Crippen molar-refractivity contribution < 1.29 is 13.2 Å². The second kappa shape index (κ2) is 4.90. The third-order valence-electron chi connectivity index (χ3n) is 2.00. The molecule has 0 saturated carbocycles.